The number of hydrogen-bond donors (Lipinski definition) is 0. The van der Waals surface area contributed by atoms with Gasteiger partial charge in [0.05, 0.1) is 12.6 Å². The second-order valence-corrected chi connectivity index (χ2v) is 4.64. The zero-order chi connectivity index (χ0) is 13.0. The first kappa shape index (κ1) is 13.1. The summed E-state index contributed by atoms with van der Waals surface area (Å²) >= 11 is 0. The Kier molecular flexibility index (Phi) is 4.37. The third-order valence-corrected chi connectivity index (χ3v) is 3.36. The van der Waals surface area contributed by atoms with Crippen molar-refractivity contribution in [2.45, 2.75) is 38.8 Å². The van der Waals surface area contributed by atoms with Gasteiger partial charge in [0.25, 0.3) is 0 Å². The molecule has 1 aliphatic heterocycles. The van der Waals surface area contributed by atoms with Crippen LogP contribution in [0.1, 0.15) is 38.3 Å². The highest BCUT2D eigenvalue weighted by molar-refractivity contribution is 5.80. The van der Waals surface area contributed by atoms with Crippen molar-refractivity contribution in [3.63, 3.8) is 0 Å². The molecule has 3 nitrogen and oxygen atoms in total. The highest BCUT2D eigenvalue weighted by Crippen LogP contribution is 2.43. The van der Waals surface area contributed by atoms with Crippen molar-refractivity contribution >= 4 is 5.97 Å². The topological polar surface area (TPSA) is 29.3 Å². The van der Waals surface area contributed by atoms with E-state index < -0.39 is 0 Å². The van der Waals surface area contributed by atoms with Crippen LogP contribution in [0, 0.1) is 0 Å². The quantitative estimate of drug-likeness (QED) is 0.572. The molecule has 1 unspecified atom stereocenters. The lowest BCUT2D eigenvalue weighted by Crippen LogP contribution is -2.16. The molecular formula is C15H21NO2. The number of ether oxygens (including phenoxy) is 1. The van der Waals surface area contributed by atoms with Crippen molar-refractivity contribution < 1.29 is 9.53 Å². The van der Waals surface area contributed by atoms with E-state index in [1.54, 1.807) is 0 Å². The number of carbonyl (C=O) groups excluding carboxylic acids is 1. The van der Waals surface area contributed by atoms with E-state index in [9.17, 15) is 4.79 Å². The molecule has 0 radical (unpaired) electrons. The van der Waals surface area contributed by atoms with Gasteiger partial charge in [-0.1, -0.05) is 43.7 Å². The van der Waals surface area contributed by atoms with Gasteiger partial charge in [0, 0.05) is 0 Å². The van der Waals surface area contributed by atoms with Gasteiger partial charge < -0.3 is 4.74 Å². The summed E-state index contributed by atoms with van der Waals surface area (Å²) < 4.78 is 5.15. The van der Waals surface area contributed by atoms with Gasteiger partial charge >= 0.3 is 5.97 Å². The summed E-state index contributed by atoms with van der Waals surface area (Å²) in [5, 5.41) is 0. The van der Waals surface area contributed by atoms with Crippen LogP contribution in [-0.4, -0.2) is 30.1 Å². The largest absolute Gasteiger partial charge is 0.465 e. The predicted molar refractivity (Wildman–Crippen MR) is 71.2 cm³/mol. The van der Waals surface area contributed by atoms with Gasteiger partial charge in [0.1, 0.15) is 6.04 Å². The third kappa shape index (κ3) is 2.72. The molecule has 1 heterocycles. The molecule has 2 rings (SSSR count). The molecule has 1 aromatic carbocycles. The number of esters is 1. The molecule has 0 saturated carbocycles. The minimum absolute atomic E-state index is 0.0705. The Labute approximate surface area is 109 Å². The molecule has 98 valence electrons. The maximum absolute atomic E-state index is 11.9. The van der Waals surface area contributed by atoms with Crippen LogP contribution in [0.5, 0.6) is 0 Å². The van der Waals surface area contributed by atoms with Crippen molar-refractivity contribution in [3.05, 3.63) is 35.9 Å². The molecule has 1 saturated heterocycles. The molecule has 18 heavy (non-hydrogen) atoms. The van der Waals surface area contributed by atoms with Crippen molar-refractivity contribution in [1.82, 2.24) is 4.90 Å². The van der Waals surface area contributed by atoms with Crippen LogP contribution in [0.15, 0.2) is 30.3 Å². The lowest BCUT2D eigenvalue weighted by Gasteiger charge is -2.02. The average Bonchev–Trinajstić information content (AvgIpc) is 3.12. The van der Waals surface area contributed by atoms with E-state index in [0.29, 0.717) is 6.61 Å². The molecule has 0 spiro atoms. The molecule has 0 aromatic heterocycles. The van der Waals surface area contributed by atoms with Crippen LogP contribution >= 0.6 is 0 Å². The van der Waals surface area contributed by atoms with Crippen molar-refractivity contribution in [1.29, 1.82) is 0 Å². The Bertz CT molecular complexity index is 391. The lowest BCUT2D eigenvalue weighted by atomic mass is 10.1. The molecule has 0 aliphatic carbocycles. The van der Waals surface area contributed by atoms with Crippen LogP contribution < -0.4 is 0 Å². The van der Waals surface area contributed by atoms with E-state index in [1.807, 2.05) is 25.1 Å². The van der Waals surface area contributed by atoms with Crippen LogP contribution in [0.4, 0.5) is 0 Å². The Morgan fingerprint density at radius 3 is 2.61 bits per heavy atom. The number of nitrogens with zero attached hydrogens (tertiary/aromatic N) is 1. The molecular weight excluding hydrogens is 226 g/mol. The van der Waals surface area contributed by atoms with Gasteiger partial charge in [-0.05, 0) is 25.5 Å². The molecule has 1 aromatic rings. The maximum Gasteiger partial charge on any atom is 0.325 e. The summed E-state index contributed by atoms with van der Waals surface area (Å²) in [7, 11) is 0. The van der Waals surface area contributed by atoms with Crippen molar-refractivity contribution in [2.75, 3.05) is 13.2 Å². The summed E-state index contributed by atoms with van der Waals surface area (Å²) in [6.45, 7) is 5.45. The number of carbonyl (C=O) groups is 1. The van der Waals surface area contributed by atoms with Gasteiger partial charge in [-0.2, -0.15) is 0 Å². The minimum Gasteiger partial charge on any atom is -0.465 e. The Morgan fingerprint density at radius 1 is 1.28 bits per heavy atom. The number of benzene rings is 1. The SMILES string of the molecule is CCCCN1[C@@H](C(=O)OCC)[C@@H]1c1ccccc1. The molecule has 3 atom stereocenters. The molecule has 0 N–H and O–H groups in total. The highest BCUT2D eigenvalue weighted by atomic mass is 16.5. The summed E-state index contributed by atoms with van der Waals surface area (Å²) in [4.78, 5) is 14.1. The number of rotatable bonds is 6. The van der Waals surface area contributed by atoms with Gasteiger partial charge in [-0.15, -0.1) is 0 Å². The molecule has 1 aliphatic rings. The van der Waals surface area contributed by atoms with E-state index in [0.717, 1.165) is 19.4 Å². The van der Waals surface area contributed by atoms with E-state index >= 15 is 0 Å². The molecule has 0 amide bonds. The summed E-state index contributed by atoms with van der Waals surface area (Å²) in [6.07, 6.45) is 2.27. The van der Waals surface area contributed by atoms with Crippen LogP contribution in [0.3, 0.4) is 0 Å². The molecule has 0 bridgehead atoms. The normalized spacial score (nSPS) is 25.8. The standard InChI is InChI=1S/C15H21NO2/c1-3-5-11-16-13(12-9-7-6-8-10-12)14(16)15(17)18-4-2/h6-10,13-14H,3-5,11H2,1-2H3/t13-,14+,16?/m0/s1. The Hall–Kier alpha value is -1.35. The maximum atomic E-state index is 11.9. The van der Waals surface area contributed by atoms with Gasteiger partial charge in [0.15, 0.2) is 0 Å². The average molecular weight is 247 g/mol. The second-order valence-electron chi connectivity index (χ2n) is 4.64. The monoisotopic (exact) mass is 247 g/mol. The van der Waals surface area contributed by atoms with E-state index in [-0.39, 0.29) is 18.1 Å². The zero-order valence-corrected chi connectivity index (χ0v) is 11.1. The van der Waals surface area contributed by atoms with E-state index in [2.05, 4.69) is 24.0 Å². The number of hydrogen-bond acceptors (Lipinski definition) is 3. The Morgan fingerprint density at radius 2 is 2.00 bits per heavy atom. The van der Waals surface area contributed by atoms with Crippen molar-refractivity contribution in [2.24, 2.45) is 0 Å². The summed E-state index contributed by atoms with van der Waals surface area (Å²) in [5.74, 6) is -0.0811. The minimum atomic E-state index is -0.0811. The third-order valence-electron chi connectivity index (χ3n) is 3.36. The lowest BCUT2D eigenvalue weighted by molar-refractivity contribution is -0.143. The van der Waals surface area contributed by atoms with Gasteiger partial charge in [-0.3, -0.25) is 9.69 Å². The van der Waals surface area contributed by atoms with E-state index in [4.69, 9.17) is 4.74 Å². The summed E-state index contributed by atoms with van der Waals surface area (Å²) in [5.41, 5.74) is 1.21. The number of unbranched alkanes of at least 4 members (excludes halogenated alkanes) is 1. The highest BCUT2D eigenvalue weighted by Gasteiger charge is 2.53. The first-order chi connectivity index (χ1) is 8.79. The van der Waals surface area contributed by atoms with Crippen molar-refractivity contribution in [3.8, 4) is 0 Å². The first-order valence-electron chi connectivity index (χ1n) is 6.77. The van der Waals surface area contributed by atoms with Crippen LogP contribution in [-0.2, 0) is 9.53 Å². The zero-order valence-electron chi connectivity index (χ0n) is 11.1. The van der Waals surface area contributed by atoms with Gasteiger partial charge in [-0.25, -0.2) is 0 Å². The fourth-order valence-corrected chi connectivity index (χ4v) is 2.41. The fraction of sp³-hybridized carbons (Fsp3) is 0.533. The fourth-order valence-electron chi connectivity index (χ4n) is 2.41. The van der Waals surface area contributed by atoms with Gasteiger partial charge in [0.2, 0.25) is 0 Å². The molecule has 3 heteroatoms. The smallest absolute Gasteiger partial charge is 0.325 e. The van der Waals surface area contributed by atoms with E-state index in [1.165, 1.54) is 5.56 Å². The second kappa shape index (κ2) is 6.01. The summed E-state index contributed by atoms with van der Waals surface area (Å²) in [6, 6.07) is 10.4. The van der Waals surface area contributed by atoms with Crippen LogP contribution in [0.25, 0.3) is 0 Å². The molecule has 1 fully saturated rings. The Balaban J connectivity index is 2.05. The first-order valence-corrected chi connectivity index (χ1v) is 6.77. The predicted octanol–water partition coefficient (Wildman–Crippen LogP) is 2.78. The van der Waals surface area contributed by atoms with Crippen LogP contribution in [0.2, 0.25) is 0 Å².